The van der Waals surface area contributed by atoms with Crippen molar-refractivity contribution in [3.8, 4) is 11.3 Å². The van der Waals surface area contributed by atoms with Crippen molar-refractivity contribution >= 4 is 11.7 Å². The molecule has 1 radical (unpaired) electrons. The molecule has 3 rings (SSSR count). The van der Waals surface area contributed by atoms with E-state index in [9.17, 15) is 22.4 Å². The Bertz CT molecular complexity index is 996. The van der Waals surface area contributed by atoms with Crippen molar-refractivity contribution in [3.05, 3.63) is 88.8 Å². The fraction of sp³-hybridized carbons (Fsp3) is 0.100. The van der Waals surface area contributed by atoms with Gasteiger partial charge in [-0.25, -0.2) is 22.4 Å². The van der Waals surface area contributed by atoms with E-state index in [1.807, 2.05) is 0 Å². The molecule has 1 aromatic heterocycles. The van der Waals surface area contributed by atoms with Crippen LogP contribution >= 0.6 is 0 Å². The fourth-order valence-electron chi connectivity index (χ4n) is 2.22. The number of carbonyl (C=O) groups is 1. The zero-order chi connectivity index (χ0) is 20.8. The number of halogens is 4. The molecule has 9 heteroatoms. The minimum atomic E-state index is -0.824. The molecule has 0 fully saturated rings. The Labute approximate surface area is 190 Å². The van der Waals surface area contributed by atoms with Gasteiger partial charge < -0.3 is 10.5 Å². The van der Waals surface area contributed by atoms with Crippen LogP contribution in [0, 0.1) is 30.2 Å². The summed E-state index contributed by atoms with van der Waals surface area (Å²) in [5.74, 6) is -3.73. The number of nitrogens with zero attached hydrogens (tertiary/aromatic N) is 1. The quantitative estimate of drug-likeness (QED) is 0.346. The molecular weight excluding hydrogens is 465 g/mol. The number of pyridine rings is 1. The van der Waals surface area contributed by atoms with Crippen LogP contribution in [0.3, 0.4) is 0 Å². The van der Waals surface area contributed by atoms with Crippen molar-refractivity contribution in [3.63, 3.8) is 0 Å². The number of carbonyl (C=O) groups excluding carboxylic acids is 1. The summed E-state index contributed by atoms with van der Waals surface area (Å²) in [5, 5.41) is 0. The standard InChI is InChI=1S/C14H11F2NO2.C6H4F2N.Y/c1-8-3-5-11(14(18)19-2)13(17-8)10-6-4-9(15)7-12(10)16;7-4-2-1-3-5(8)6(4)9;/h3-7H,1-2H3;1-3,9H;/q;-1;. The molecule has 1 N–H and O–H groups in total. The van der Waals surface area contributed by atoms with Crippen LogP contribution in [-0.2, 0) is 37.4 Å². The maximum Gasteiger partial charge on any atom is 0.340 e. The number of aromatic nitrogens is 1. The third-order valence-electron chi connectivity index (χ3n) is 3.59. The summed E-state index contributed by atoms with van der Waals surface area (Å²) in [6.07, 6.45) is 0. The summed E-state index contributed by atoms with van der Waals surface area (Å²) in [6.45, 7) is 1.71. The van der Waals surface area contributed by atoms with E-state index in [2.05, 4.69) is 9.72 Å². The third-order valence-corrected chi connectivity index (χ3v) is 3.59. The van der Waals surface area contributed by atoms with Gasteiger partial charge in [-0.1, -0.05) is 11.8 Å². The Balaban J connectivity index is 0.000000355. The number of esters is 1. The monoisotopic (exact) mass is 480 g/mol. The summed E-state index contributed by atoms with van der Waals surface area (Å²) in [6, 6.07) is 9.56. The number of rotatable bonds is 2. The molecule has 0 saturated carbocycles. The van der Waals surface area contributed by atoms with E-state index in [1.54, 1.807) is 13.0 Å². The first kappa shape index (κ1) is 24.7. The average molecular weight is 480 g/mol. The predicted molar refractivity (Wildman–Crippen MR) is 96.0 cm³/mol. The molecule has 0 aliphatic rings. The first-order valence-electron chi connectivity index (χ1n) is 7.91. The Morgan fingerprint density at radius 3 is 2.10 bits per heavy atom. The molecule has 1 heterocycles. The van der Waals surface area contributed by atoms with E-state index >= 15 is 0 Å². The van der Waals surface area contributed by atoms with Gasteiger partial charge in [0.05, 0.1) is 18.4 Å². The van der Waals surface area contributed by atoms with Crippen LogP contribution < -0.4 is 0 Å². The molecule has 0 saturated heterocycles. The number of hydrogen-bond donors (Lipinski definition) is 0. The topological polar surface area (TPSA) is 63.0 Å². The summed E-state index contributed by atoms with van der Waals surface area (Å²) in [4.78, 5) is 15.8. The molecule has 3 aromatic rings. The van der Waals surface area contributed by atoms with Gasteiger partial charge >= 0.3 is 5.97 Å². The van der Waals surface area contributed by atoms with Crippen molar-refractivity contribution in [1.29, 1.82) is 0 Å². The molecule has 0 amide bonds. The normalized spacial score (nSPS) is 9.72. The molecule has 0 spiro atoms. The Hall–Kier alpha value is -2.32. The molecule has 4 nitrogen and oxygen atoms in total. The number of ether oxygens (including phenoxy) is 1. The summed E-state index contributed by atoms with van der Waals surface area (Å²) < 4.78 is 55.6. The van der Waals surface area contributed by atoms with E-state index in [4.69, 9.17) is 5.73 Å². The van der Waals surface area contributed by atoms with Gasteiger partial charge in [-0.15, -0.1) is 0 Å². The molecule has 0 aliphatic carbocycles. The second kappa shape index (κ2) is 11.0. The maximum absolute atomic E-state index is 13.8. The summed E-state index contributed by atoms with van der Waals surface area (Å²) >= 11 is 0. The van der Waals surface area contributed by atoms with Crippen LogP contribution in [0.15, 0.2) is 48.5 Å². The Morgan fingerprint density at radius 1 is 0.966 bits per heavy atom. The van der Waals surface area contributed by atoms with Crippen LogP contribution in [0.4, 0.5) is 23.2 Å². The fourth-order valence-corrected chi connectivity index (χ4v) is 2.22. The van der Waals surface area contributed by atoms with E-state index in [0.29, 0.717) is 5.69 Å². The number of nitrogens with one attached hydrogen (secondary N) is 1. The van der Waals surface area contributed by atoms with E-state index in [1.165, 1.54) is 25.3 Å². The number of methoxy groups -OCH3 is 1. The molecule has 0 aliphatic heterocycles. The second-order valence-corrected chi connectivity index (χ2v) is 5.56. The van der Waals surface area contributed by atoms with Crippen molar-refractivity contribution < 1.29 is 59.8 Å². The predicted octanol–water partition coefficient (Wildman–Crippen LogP) is 5.77. The van der Waals surface area contributed by atoms with Gasteiger partial charge in [0.15, 0.2) is 0 Å². The van der Waals surface area contributed by atoms with Crippen molar-refractivity contribution in [2.75, 3.05) is 7.11 Å². The largest absolute Gasteiger partial charge is 0.694 e. The second-order valence-electron chi connectivity index (χ2n) is 5.56. The smallest absolute Gasteiger partial charge is 0.340 e. The van der Waals surface area contributed by atoms with Crippen molar-refractivity contribution in [1.82, 2.24) is 4.98 Å². The first-order valence-corrected chi connectivity index (χ1v) is 7.91. The van der Waals surface area contributed by atoms with Crippen LogP contribution in [0.2, 0.25) is 0 Å². The number of benzene rings is 2. The van der Waals surface area contributed by atoms with Gasteiger partial charge in [-0.3, -0.25) is 4.98 Å². The van der Waals surface area contributed by atoms with Gasteiger partial charge in [0.25, 0.3) is 0 Å². The summed E-state index contributed by atoms with van der Waals surface area (Å²) in [5.41, 5.74) is 6.98. The SMILES string of the molecule is COC(=O)c1ccc(C)nc1-c1ccc(F)cc1F.[NH-]c1c(F)cccc1F.[Y]. The molecule has 0 bridgehead atoms. The zero-order valence-corrected chi connectivity index (χ0v) is 18.3. The van der Waals surface area contributed by atoms with Crippen LogP contribution in [0.1, 0.15) is 16.1 Å². The van der Waals surface area contributed by atoms with Gasteiger partial charge in [0, 0.05) is 50.0 Å². The van der Waals surface area contributed by atoms with Crippen molar-refractivity contribution in [2.45, 2.75) is 6.92 Å². The van der Waals surface area contributed by atoms with Crippen LogP contribution in [0.25, 0.3) is 17.0 Å². The Kier molecular flexibility index (Phi) is 9.39. The van der Waals surface area contributed by atoms with E-state index in [0.717, 1.165) is 24.3 Å². The molecule has 0 atom stereocenters. The molecular formula is C20H15F4N2O2Y-. The van der Waals surface area contributed by atoms with Gasteiger partial charge in [-0.2, -0.15) is 0 Å². The van der Waals surface area contributed by atoms with Crippen molar-refractivity contribution in [2.24, 2.45) is 0 Å². The van der Waals surface area contributed by atoms with Gasteiger partial charge in [-0.05, 0) is 43.3 Å². The minimum absolute atomic E-state index is 0. The van der Waals surface area contributed by atoms with Crippen LogP contribution in [0.5, 0.6) is 0 Å². The van der Waals surface area contributed by atoms with E-state index < -0.39 is 34.9 Å². The average Bonchev–Trinajstić information content (AvgIpc) is 2.66. The molecule has 2 aromatic carbocycles. The summed E-state index contributed by atoms with van der Waals surface area (Å²) in [7, 11) is 1.23. The van der Waals surface area contributed by atoms with Crippen LogP contribution in [-0.4, -0.2) is 18.1 Å². The first-order chi connectivity index (χ1) is 13.2. The Morgan fingerprint density at radius 2 is 1.59 bits per heavy atom. The molecule has 29 heavy (non-hydrogen) atoms. The maximum atomic E-state index is 13.8. The third kappa shape index (κ3) is 6.34. The number of hydrogen-bond acceptors (Lipinski definition) is 3. The van der Waals surface area contributed by atoms with E-state index in [-0.39, 0.29) is 49.5 Å². The van der Waals surface area contributed by atoms with Gasteiger partial charge in [0.1, 0.15) is 23.3 Å². The minimum Gasteiger partial charge on any atom is -0.694 e. The molecule has 149 valence electrons. The van der Waals surface area contributed by atoms with Gasteiger partial charge in [0.2, 0.25) is 0 Å². The molecule has 0 unspecified atom stereocenters. The number of aryl methyl sites for hydroxylation is 1. The zero-order valence-electron chi connectivity index (χ0n) is 15.5.